The molecule has 26 heavy (non-hydrogen) atoms. The van der Waals surface area contributed by atoms with E-state index >= 15 is 0 Å². The number of rotatable bonds is 6. The molecule has 1 unspecified atom stereocenters. The van der Waals surface area contributed by atoms with Gasteiger partial charge in [-0.1, -0.05) is 6.07 Å². The minimum absolute atomic E-state index is 0.202. The van der Waals surface area contributed by atoms with Gasteiger partial charge in [0.2, 0.25) is 0 Å². The molecular weight excluding hydrogens is 331 g/mol. The van der Waals surface area contributed by atoms with Crippen LogP contribution in [0.1, 0.15) is 41.5 Å². The molecule has 0 saturated carbocycles. The summed E-state index contributed by atoms with van der Waals surface area (Å²) in [6.07, 6.45) is 4.06. The monoisotopic (exact) mass is 358 g/mol. The van der Waals surface area contributed by atoms with Crippen LogP contribution in [0, 0.1) is 12.7 Å². The van der Waals surface area contributed by atoms with E-state index in [4.69, 9.17) is 9.72 Å². The fourth-order valence-corrected chi connectivity index (χ4v) is 3.59. The average molecular weight is 358 g/mol. The molecular formula is C20H27FN4O. The molecule has 3 rings (SSSR count). The predicted molar refractivity (Wildman–Crippen MR) is 99.5 cm³/mol. The van der Waals surface area contributed by atoms with Crippen molar-refractivity contribution in [1.82, 2.24) is 19.8 Å². The fourth-order valence-electron chi connectivity index (χ4n) is 3.59. The largest absolute Gasteiger partial charge is 0.497 e. The number of ether oxygens (including phenoxy) is 1. The molecule has 0 bridgehead atoms. The lowest BCUT2D eigenvalue weighted by Crippen LogP contribution is -2.26. The first-order chi connectivity index (χ1) is 12.5. The van der Waals surface area contributed by atoms with E-state index < -0.39 is 0 Å². The average Bonchev–Trinajstić information content (AvgIpc) is 3.06. The number of likely N-dealkylation sites (tertiary alicyclic amines) is 1. The maximum atomic E-state index is 14.4. The smallest absolute Gasteiger partial charge is 0.131 e. The minimum atomic E-state index is -0.220. The summed E-state index contributed by atoms with van der Waals surface area (Å²) in [7, 11) is 5.64. The molecule has 2 aromatic rings. The Bertz CT molecular complexity index is 765. The molecule has 0 N–H and O–H groups in total. The highest BCUT2D eigenvalue weighted by molar-refractivity contribution is 5.29. The van der Waals surface area contributed by atoms with Crippen molar-refractivity contribution in [3.63, 3.8) is 0 Å². The molecule has 1 aromatic carbocycles. The van der Waals surface area contributed by atoms with E-state index in [9.17, 15) is 4.39 Å². The van der Waals surface area contributed by atoms with Crippen LogP contribution in [0.15, 0.2) is 24.4 Å². The number of aryl methyl sites for hydroxylation is 1. The second-order valence-electron chi connectivity index (χ2n) is 7.15. The number of hydrogen-bond acceptors (Lipinski definition) is 5. The van der Waals surface area contributed by atoms with Crippen LogP contribution in [0.5, 0.6) is 5.75 Å². The minimum Gasteiger partial charge on any atom is -0.497 e. The van der Waals surface area contributed by atoms with E-state index in [-0.39, 0.29) is 11.9 Å². The fraction of sp³-hybridized carbons (Fsp3) is 0.500. The summed E-state index contributed by atoms with van der Waals surface area (Å²) in [5, 5.41) is 0. The molecule has 0 amide bonds. The van der Waals surface area contributed by atoms with Crippen molar-refractivity contribution in [3.8, 4) is 5.75 Å². The molecule has 140 valence electrons. The molecule has 1 aliphatic heterocycles. The second-order valence-corrected chi connectivity index (χ2v) is 7.15. The molecule has 1 aromatic heterocycles. The van der Waals surface area contributed by atoms with Crippen molar-refractivity contribution < 1.29 is 9.13 Å². The van der Waals surface area contributed by atoms with Crippen LogP contribution in [-0.2, 0) is 13.1 Å². The number of nitrogens with zero attached hydrogens (tertiary/aromatic N) is 4. The Morgan fingerprint density at radius 1 is 1.31 bits per heavy atom. The van der Waals surface area contributed by atoms with Crippen LogP contribution in [0.3, 0.4) is 0 Å². The van der Waals surface area contributed by atoms with Crippen molar-refractivity contribution in [2.45, 2.75) is 38.9 Å². The van der Waals surface area contributed by atoms with Crippen LogP contribution in [-0.4, -0.2) is 47.5 Å². The van der Waals surface area contributed by atoms with Crippen LogP contribution < -0.4 is 4.74 Å². The Morgan fingerprint density at radius 3 is 2.81 bits per heavy atom. The molecule has 0 radical (unpaired) electrons. The highest BCUT2D eigenvalue weighted by Gasteiger charge is 2.30. The van der Waals surface area contributed by atoms with Gasteiger partial charge in [0.25, 0.3) is 0 Å². The number of benzene rings is 1. The van der Waals surface area contributed by atoms with Crippen molar-refractivity contribution in [3.05, 3.63) is 52.9 Å². The lowest BCUT2D eigenvalue weighted by molar-refractivity contribution is 0.237. The first-order valence-corrected chi connectivity index (χ1v) is 9.01. The zero-order valence-corrected chi connectivity index (χ0v) is 16.0. The van der Waals surface area contributed by atoms with Gasteiger partial charge in [0.1, 0.15) is 17.4 Å². The standard InChI is InChI=1S/C20H27FN4O/c1-14-22-11-16(12-24(2)3)20(23-14)19-6-5-9-25(19)13-15-7-8-17(26-4)10-18(15)21/h7-8,10-11,19H,5-6,9,12-13H2,1-4H3. The van der Waals surface area contributed by atoms with E-state index in [1.807, 2.05) is 39.3 Å². The maximum absolute atomic E-state index is 14.4. The lowest BCUT2D eigenvalue weighted by Gasteiger charge is -2.26. The first kappa shape index (κ1) is 18.7. The molecule has 1 saturated heterocycles. The molecule has 6 heteroatoms. The molecule has 5 nitrogen and oxygen atoms in total. The predicted octanol–water partition coefficient (Wildman–Crippen LogP) is 3.33. The van der Waals surface area contributed by atoms with Crippen molar-refractivity contribution in [2.24, 2.45) is 0 Å². The highest BCUT2D eigenvalue weighted by atomic mass is 19.1. The van der Waals surface area contributed by atoms with Crippen LogP contribution in [0.2, 0.25) is 0 Å². The number of aromatic nitrogens is 2. The third-order valence-electron chi connectivity index (χ3n) is 4.82. The zero-order chi connectivity index (χ0) is 18.7. The topological polar surface area (TPSA) is 41.5 Å². The van der Waals surface area contributed by atoms with Gasteiger partial charge in [0, 0.05) is 36.5 Å². The van der Waals surface area contributed by atoms with Crippen molar-refractivity contribution in [2.75, 3.05) is 27.7 Å². The van der Waals surface area contributed by atoms with Crippen molar-refractivity contribution in [1.29, 1.82) is 0 Å². The molecule has 1 fully saturated rings. The van der Waals surface area contributed by atoms with E-state index in [0.29, 0.717) is 17.9 Å². The summed E-state index contributed by atoms with van der Waals surface area (Å²) >= 11 is 0. The van der Waals surface area contributed by atoms with Gasteiger partial charge in [-0.3, -0.25) is 4.90 Å². The second kappa shape index (κ2) is 8.10. The van der Waals surface area contributed by atoms with E-state index in [1.165, 1.54) is 6.07 Å². The zero-order valence-electron chi connectivity index (χ0n) is 16.0. The van der Waals surface area contributed by atoms with Gasteiger partial charge in [-0.2, -0.15) is 0 Å². The summed E-state index contributed by atoms with van der Waals surface area (Å²) < 4.78 is 19.5. The molecule has 0 spiro atoms. The van der Waals surface area contributed by atoms with E-state index in [1.54, 1.807) is 7.11 Å². The van der Waals surface area contributed by atoms with Gasteiger partial charge in [-0.05, 0) is 46.5 Å². The normalized spacial score (nSPS) is 17.8. The number of methoxy groups -OCH3 is 1. The van der Waals surface area contributed by atoms with E-state index in [0.717, 1.165) is 43.0 Å². The number of hydrogen-bond donors (Lipinski definition) is 0. The summed E-state index contributed by atoms with van der Waals surface area (Å²) in [6, 6.07) is 5.28. The lowest BCUT2D eigenvalue weighted by atomic mass is 10.0. The third kappa shape index (κ3) is 4.19. The summed E-state index contributed by atoms with van der Waals surface area (Å²) in [5.74, 6) is 1.11. The van der Waals surface area contributed by atoms with E-state index in [2.05, 4.69) is 14.8 Å². The van der Waals surface area contributed by atoms with Gasteiger partial charge >= 0.3 is 0 Å². The summed E-state index contributed by atoms with van der Waals surface area (Å²) in [5.41, 5.74) is 2.92. The van der Waals surface area contributed by atoms with Gasteiger partial charge in [0.05, 0.1) is 18.8 Å². The molecule has 1 aliphatic rings. The third-order valence-corrected chi connectivity index (χ3v) is 4.82. The molecule has 1 atom stereocenters. The Kier molecular flexibility index (Phi) is 5.84. The number of halogens is 1. The maximum Gasteiger partial charge on any atom is 0.131 e. The van der Waals surface area contributed by atoms with Crippen LogP contribution >= 0.6 is 0 Å². The Morgan fingerprint density at radius 2 is 2.12 bits per heavy atom. The summed E-state index contributed by atoms with van der Waals surface area (Å²) in [6.45, 7) is 4.24. The first-order valence-electron chi connectivity index (χ1n) is 9.01. The Hall–Kier alpha value is -2.05. The van der Waals surface area contributed by atoms with Gasteiger partial charge in [0.15, 0.2) is 0 Å². The Labute approximate surface area is 154 Å². The van der Waals surface area contributed by atoms with Gasteiger partial charge < -0.3 is 9.64 Å². The van der Waals surface area contributed by atoms with Crippen LogP contribution in [0.25, 0.3) is 0 Å². The van der Waals surface area contributed by atoms with Gasteiger partial charge in [-0.25, -0.2) is 14.4 Å². The van der Waals surface area contributed by atoms with Crippen LogP contribution in [0.4, 0.5) is 4.39 Å². The quantitative estimate of drug-likeness (QED) is 0.792. The Balaban J connectivity index is 1.86. The van der Waals surface area contributed by atoms with Gasteiger partial charge in [-0.15, -0.1) is 0 Å². The molecule has 0 aliphatic carbocycles. The highest BCUT2D eigenvalue weighted by Crippen LogP contribution is 2.34. The SMILES string of the molecule is COc1ccc(CN2CCCC2c2nc(C)ncc2CN(C)C)c(F)c1. The summed E-state index contributed by atoms with van der Waals surface area (Å²) in [4.78, 5) is 13.6. The van der Waals surface area contributed by atoms with Crippen molar-refractivity contribution >= 4 is 0 Å². The molecule has 2 heterocycles.